The standard InChI is InChI=1S/C21H20N2O4/c1-4-27-21(25)19-14(2)23(16-5-7-17(26-3)8-6-16)20(24)18(19)13-15-9-11-22-12-10-15/h5-13H,4H2,1-3H3. The third-order valence-electron chi connectivity index (χ3n) is 4.23. The number of anilines is 1. The van der Waals surface area contributed by atoms with E-state index in [4.69, 9.17) is 9.47 Å². The molecule has 2 heterocycles. The predicted molar refractivity (Wildman–Crippen MR) is 102 cm³/mol. The summed E-state index contributed by atoms with van der Waals surface area (Å²) in [6.45, 7) is 3.70. The number of nitrogens with zero attached hydrogens (tertiary/aromatic N) is 2. The van der Waals surface area contributed by atoms with E-state index >= 15 is 0 Å². The van der Waals surface area contributed by atoms with Crippen LogP contribution in [0.5, 0.6) is 5.75 Å². The second-order valence-corrected chi connectivity index (χ2v) is 5.86. The molecule has 138 valence electrons. The number of ether oxygens (including phenoxy) is 2. The van der Waals surface area contributed by atoms with Crippen molar-refractivity contribution in [2.24, 2.45) is 0 Å². The second-order valence-electron chi connectivity index (χ2n) is 5.86. The molecule has 0 atom stereocenters. The first-order valence-corrected chi connectivity index (χ1v) is 8.55. The van der Waals surface area contributed by atoms with Crippen molar-refractivity contribution in [3.05, 3.63) is 71.2 Å². The maximum absolute atomic E-state index is 13.2. The van der Waals surface area contributed by atoms with E-state index in [2.05, 4.69) is 4.98 Å². The molecule has 0 saturated carbocycles. The molecule has 27 heavy (non-hydrogen) atoms. The fourth-order valence-electron chi connectivity index (χ4n) is 2.95. The van der Waals surface area contributed by atoms with Gasteiger partial charge in [0.15, 0.2) is 0 Å². The number of rotatable bonds is 5. The highest BCUT2D eigenvalue weighted by Crippen LogP contribution is 2.36. The number of esters is 1. The van der Waals surface area contributed by atoms with Crippen molar-refractivity contribution in [3.8, 4) is 5.75 Å². The molecule has 1 amide bonds. The Morgan fingerprint density at radius 2 is 1.81 bits per heavy atom. The van der Waals surface area contributed by atoms with Crippen LogP contribution < -0.4 is 9.64 Å². The summed E-state index contributed by atoms with van der Waals surface area (Å²) in [7, 11) is 1.58. The molecule has 0 radical (unpaired) electrons. The number of hydrogen-bond donors (Lipinski definition) is 0. The molecular formula is C21H20N2O4. The van der Waals surface area contributed by atoms with Crippen molar-refractivity contribution in [1.29, 1.82) is 0 Å². The molecule has 1 aliphatic rings. The molecule has 1 aliphatic heterocycles. The van der Waals surface area contributed by atoms with Gasteiger partial charge in [-0.2, -0.15) is 0 Å². The summed E-state index contributed by atoms with van der Waals surface area (Å²) in [5, 5.41) is 0. The summed E-state index contributed by atoms with van der Waals surface area (Å²) in [6.07, 6.45) is 4.95. The number of amides is 1. The van der Waals surface area contributed by atoms with Gasteiger partial charge in [0, 0.05) is 23.8 Å². The van der Waals surface area contributed by atoms with Crippen molar-refractivity contribution >= 4 is 23.6 Å². The smallest absolute Gasteiger partial charge is 0.340 e. The van der Waals surface area contributed by atoms with E-state index in [1.54, 1.807) is 75.8 Å². The molecule has 0 spiro atoms. The molecule has 0 aliphatic carbocycles. The van der Waals surface area contributed by atoms with E-state index in [0.717, 1.165) is 5.56 Å². The Morgan fingerprint density at radius 1 is 1.15 bits per heavy atom. The maximum Gasteiger partial charge on any atom is 0.340 e. The third kappa shape index (κ3) is 3.60. The average molecular weight is 364 g/mol. The molecule has 0 unspecified atom stereocenters. The van der Waals surface area contributed by atoms with Gasteiger partial charge in [0.1, 0.15) is 5.75 Å². The van der Waals surface area contributed by atoms with Gasteiger partial charge in [0.05, 0.1) is 24.9 Å². The number of carbonyl (C=O) groups excluding carboxylic acids is 2. The van der Waals surface area contributed by atoms with E-state index in [-0.39, 0.29) is 18.1 Å². The van der Waals surface area contributed by atoms with Crippen LogP contribution in [0, 0.1) is 0 Å². The van der Waals surface area contributed by atoms with E-state index in [9.17, 15) is 9.59 Å². The minimum atomic E-state index is -0.514. The zero-order valence-electron chi connectivity index (χ0n) is 15.4. The summed E-state index contributed by atoms with van der Waals surface area (Å²) in [5.41, 5.74) is 2.53. The van der Waals surface area contributed by atoms with Crippen LogP contribution in [0.4, 0.5) is 5.69 Å². The summed E-state index contributed by atoms with van der Waals surface area (Å²) in [4.78, 5) is 31.2. The Labute approximate surface area is 157 Å². The Kier molecular flexibility index (Phi) is 5.35. The van der Waals surface area contributed by atoms with Gasteiger partial charge in [-0.05, 0) is 61.9 Å². The summed E-state index contributed by atoms with van der Waals surface area (Å²) in [5.74, 6) is -0.109. The van der Waals surface area contributed by atoms with E-state index in [1.165, 1.54) is 4.90 Å². The van der Waals surface area contributed by atoms with Gasteiger partial charge in [-0.3, -0.25) is 14.7 Å². The Morgan fingerprint density at radius 3 is 2.41 bits per heavy atom. The number of carbonyl (C=O) groups is 2. The Hall–Kier alpha value is -3.41. The fourth-order valence-corrected chi connectivity index (χ4v) is 2.95. The monoisotopic (exact) mass is 364 g/mol. The lowest BCUT2D eigenvalue weighted by atomic mass is 10.0. The quantitative estimate of drug-likeness (QED) is 0.601. The third-order valence-corrected chi connectivity index (χ3v) is 4.23. The molecule has 0 fully saturated rings. The zero-order valence-corrected chi connectivity index (χ0v) is 15.4. The number of pyridine rings is 1. The number of hydrogen-bond acceptors (Lipinski definition) is 5. The molecule has 6 nitrogen and oxygen atoms in total. The van der Waals surface area contributed by atoms with Gasteiger partial charge in [-0.25, -0.2) is 4.79 Å². The van der Waals surface area contributed by atoms with Crippen LogP contribution in [0.1, 0.15) is 19.4 Å². The lowest BCUT2D eigenvalue weighted by Crippen LogP contribution is -2.24. The molecule has 0 saturated heterocycles. The van der Waals surface area contributed by atoms with Crippen LogP contribution in [0.3, 0.4) is 0 Å². The SMILES string of the molecule is CCOC(=O)C1=C(C)N(c2ccc(OC)cc2)C(=O)C1=Cc1ccncc1. The topological polar surface area (TPSA) is 68.7 Å². The summed E-state index contributed by atoms with van der Waals surface area (Å²) < 4.78 is 10.4. The van der Waals surface area contributed by atoms with Gasteiger partial charge < -0.3 is 9.47 Å². The number of allylic oxidation sites excluding steroid dienone is 1. The molecule has 2 aromatic rings. The summed E-state index contributed by atoms with van der Waals surface area (Å²) in [6, 6.07) is 10.6. The van der Waals surface area contributed by atoms with Gasteiger partial charge in [0.25, 0.3) is 5.91 Å². The van der Waals surface area contributed by atoms with Gasteiger partial charge in [0.2, 0.25) is 0 Å². The van der Waals surface area contributed by atoms with Crippen molar-refractivity contribution in [3.63, 3.8) is 0 Å². The highest BCUT2D eigenvalue weighted by Gasteiger charge is 2.38. The van der Waals surface area contributed by atoms with Crippen LogP contribution >= 0.6 is 0 Å². The van der Waals surface area contributed by atoms with Crippen molar-refractivity contribution in [1.82, 2.24) is 4.98 Å². The lowest BCUT2D eigenvalue weighted by Gasteiger charge is -2.18. The van der Waals surface area contributed by atoms with Crippen LogP contribution in [-0.4, -0.2) is 30.6 Å². The first-order chi connectivity index (χ1) is 13.1. The lowest BCUT2D eigenvalue weighted by molar-refractivity contribution is -0.138. The molecule has 0 N–H and O–H groups in total. The van der Waals surface area contributed by atoms with Crippen LogP contribution in [0.15, 0.2) is 65.6 Å². The van der Waals surface area contributed by atoms with E-state index in [1.807, 2.05) is 0 Å². The van der Waals surface area contributed by atoms with Gasteiger partial charge in [-0.1, -0.05) is 0 Å². The largest absolute Gasteiger partial charge is 0.497 e. The van der Waals surface area contributed by atoms with Crippen molar-refractivity contribution in [2.45, 2.75) is 13.8 Å². The Balaban J connectivity index is 2.09. The van der Waals surface area contributed by atoms with Gasteiger partial charge >= 0.3 is 5.97 Å². The van der Waals surface area contributed by atoms with Crippen molar-refractivity contribution in [2.75, 3.05) is 18.6 Å². The fraction of sp³-hybridized carbons (Fsp3) is 0.190. The molecule has 0 bridgehead atoms. The minimum absolute atomic E-state index is 0.231. The zero-order chi connectivity index (χ0) is 19.4. The van der Waals surface area contributed by atoms with Crippen LogP contribution in [0.2, 0.25) is 0 Å². The molecule has 6 heteroatoms. The average Bonchev–Trinajstić information content (AvgIpc) is 2.93. The highest BCUT2D eigenvalue weighted by atomic mass is 16.5. The highest BCUT2D eigenvalue weighted by molar-refractivity contribution is 6.23. The molecular weight excluding hydrogens is 344 g/mol. The normalized spacial score (nSPS) is 15.4. The van der Waals surface area contributed by atoms with E-state index in [0.29, 0.717) is 22.7 Å². The number of aromatic nitrogens is 1. The number of methoxy groups -OCH3 is 1. The molecule has 1 aromatic heterocycles. The van der Waals surface area contributed by atoms with Crippen LogP contribution in [-0.2, 0) is 14.3 Å². The Bertz CT molecular complexity index is 915. The first-order valence-electron chi connectivity index (χ1n) is 8.55. The second kappa shape index (κ2) is 7.86. The first kappa shape index (κ1) is 18.4. The maximum atomic E-state index is 13.2. The van der Waals surface area contributed by atoms with E-state index < -0.39 is 5.97 Å². The predicted octanol–water partition coefficient (Wildman–Crippen LogP) is 3.36. The van der Waals surface area contributed by atoms with Crippen molar-refractivity contribution < 1.29 is 19.1 Å². The summed E-state index contributed by atoms with van der Waals surface area (Å²) >= 11 is 0. The molecule has 3 rings (SSSR count). The van der Waals surface area contributed by atoms with Crippen LogP contribution in [0.25, 0.3) is 6.08 Å². The molecule has 1 aromatic carbocycles. The minimum Gasteiger partial charge on any atom is -0.497 e. The number of benzene rings is 1. The van der Waals surface area contributed by atoms with Gasteiger partial charge in [-0.15, -0.1) is 0 Å².